The van der Waals surface area contributed by atoms with Crippen LogP contribution in [0.5, 0.6) is 0 Å². The summed E-state index contributed by atoms with van der Waals surface area (Å²) in [6, 6.07) is -4.51. The number of hydrogen-bond donors (Lipinski definition) is 14. The number of aliphatic hydroxyl groups is 8. The van der Waals surface area contributed by atoms with E-state index < -0.39 is 189 Å². The van der Waals surface area contributed by atoms with Crippen molar-refractivity contribution in [3.05, 3.63) is 12.7 Å². The average Bonchev–Trinajstić information content (AvgIpc) is 1.58. The Balaban J connectivity index is 0.919. The van der Waals surface area contributed by atoms with Crippen LogP contribution in [0.3, 0.4) is 0 Å². The number of rotatable bonds is 40. The van der Waals surface area contributed by atoms with Crippen LogP contribution in [0, 0.1) is 29.6 Å². The third-order valence-electron chi connectivity index (χ3n) is 23.5. The van der Waals surface area contributed by atoms with Crippen molar-refractivity contribution >= 4 is 35.5 Å². The summed E-state index contributed by atoms with van der Waals surface area (Å²) in [4.78, 5) is 79.5. The van der Waals surface area contributed by atoms with E-state index in [1.54, 1.807) is 6.92 Å². The molecule has 626 valence electrons. The fourth-order valence-corrected chi connectivity index (χ4v) is 17.0. The second-order valence-electron chi connectivity index (χ2n) is 32.1. The molecule has 3 aliphatic carbocycles. The number of carbonyl (C=O) groups is 6. The van der Waals surface area contributed by atoms with Crippen LogP contribution >= 0.6 is 0 Å². The number of carboxylic acid groups (broad SMARTS) is 1. The second-order valence-corrected chi connectivity index (χ2v) is 32.1. The lowest BCUT2D eigenvalue weighted by molar-refractivity contribution is -0.388. The van der Waals surface area contributed by atoms with Crippen molar-refractivity contribution in [2.24, 2.45) is 29.6 Å². The van der Waals surface area contributed by atoms with Crippen molar-refractivity contribution in [1.29, 1.82) is 0 Å². The monoisotopic (exact) mass is 1560 g/mol. The summed E-state index contributed by atoms with van der Waals surface area (Å²) in [5.74, 6) is -0.232. The highest BCUT2D eigenvalue weighted by molar-refractivity contribution is 5.78. The number of ether oxygens (including phenoxy) is 11. The Morgan fingerprint density at radius 3 is 1.65 bits per heavy atom. The van der Waals surface area contributed by atoms with Crippen LogP contribution in [-0.4, -0.2) is 267 Å². The van der Waals surface area contributed by atoms with Gasteiger partial charge in [0.2, 0.25) is 29.5 Å². The largest absolute Gasteiger partial charge is 0.479 e. The number of unbranched alkanes of at least 4 members (excludes halogenated alkanes) is 10. The minimum atomic E-state index is -2.27. The van der Waals surface area contributed by atoms with Gasteiger partial charge in [-0.25, -0.2) is 4.79 Å². The van der Waals surface area contributed by atoms with Crippen LogP contribution in [0.15, 0.2) is 12.7 Å². The molecule has 8 aliphatic rings. The summed E-state index contributed by atoms with van der Waals surface area (Å²) in [6.45, 7) is 16.4. The highest BCUT2D eigenvalue weighted by Gasteiger charge is 2.59. The van der Waals surface area contributed by atoms with E-state index in [2.05, 4.69) is 53.1 Å². The molecule has 5 aliphatic heterocycles. The quantitative estimate of drug-likeness (QED) is 0.0308. The molecule has 0 aromatic carbocycles. The smallest absolute Gasteiger partial charge is 0.335 e. The SMILES string of the molecule is C=CC(CCCCC)(NC(=O)CCCCC(=O)NCCCCCO[C@@H]1OC(C)[C@@H](O)C(O[C@@H]2OC(C)[C@@H](O[C@@H]3OC(CO)[C@@H](O)C(O)C3O)C(O[C@@H]3OC(C(=O)O)[C@@H](O)C(O)C3O[C@@H]3OC(C)[C@@H](OCCCCCCCC)C(O)C3NC(C)=O)C2NC(C)=O)C1NC(C)=O)C1CCCCC2CC2CCCC2CC2C1. The minimum absolute atomic E-state index is 0.00796. The zero-order valence-corrected chi connectivity index (χ0v) is 65.5. The van der Waals surface area contributed by atoms with E-state index in [0.717, 1.165) is 101 Å². The average molecular weight is 1560 g/mol. The van der Waals surface area contributed by atoms with Crippen molar-refractivity contribution in [3.8, 4) is 0 Å². The maximum atomic E-state index is 13.9. The molecule has 31 atom stereocenters. The van der Waals surface area contributed by atoms with Crippen LogP contribution < -0.4 is 26.6 Å². The molecule has 8 rings (SSSR count). The van der Waals surface area contributed by atoms with Crippen molar-refractivity contribution < 1.29 is 127 Å². The van der Waals surface area contributed by atoms with Gasteiger partial charge in [-0.2, -0.15) is 0 Å². The molecule has 0 radical (unpaired) electrons. The molecule has 21 unspecified atom stereocenters. The van der Waals surface area contributed by atoms with Crippen LogP contribution in [0.4, 0.5) is 0 Å². The molecule has 0 spiro atoms. The highest BCUT2D eigenvalue weighted by atomic mass is 16.8. The summed E-state index contributed by atoms with van der Waals surface area (Å²) in [5.41, 5.74) is -0.452. The Hall–Kier alpha value is -4.20. The molecule has 109 heavy (non-hydrogen) atoms. The fraction of sp³-hybridized carbons (Fsp3) is 0.897. The van der Waals surface area contributed by atoms with Crippen molar-refractivity contribution in [1.82, 2.24) is 26.6 Å². The van der Waals surface area contributed by atoms with E-state index in [1.807, 2.05) is 0 Å². The van der Waals surface area contributed by atoms with Crippen molar-refractivity contribution in [2.75, 3.05) is 26.4 Å². The Morgan fingerprint density at radius 1 is 0.468 bits per heavy atom. The third-order valence-corrected chi connectivity index (χ3v) is 23.5. The predicted molar refractivity (Wildman–Crippen MR) is 393 cm³/mol. The summed E-state index contributed by atoms with van der Waals surface area (Å²) in [6.07, 6.45) is -9.94. The molecule has 5 heterocycles. The Kier molecular flexibility index (Phi) is 36.5. The van der Waals surface area contributed by atoms with Gasteiger partial charge in [0.15, 0.2) is 37.6 Å². The molecule has 14 N–H and O–H groups in total. The predicted octanol–water partition coefficient (Wildman–Crippen LogP) is 3.58. The molecule has 0 aromatic rings. The summed E-state index contributed by atoms with van der Waals surface area (Å²) < 4.78 is 69.2. The summed E-state index contributed by atoms with van der Waals surface area (Å²) >= 11 is 0. The van der Waals surface area contributed by atoms with E-state index in [-0.39, 0.29) is 31.4 Å². The Bertz CT molecular complexity index is 2820. The third kappa shape index (κ3) is 25.6. The number of aliphatic hydroxyl groups excluding tert-OH is 8. The van der Waals surface area contributed by atoms with Crippen LogP contribution in [0.1, 0.15) is 229 Å². The maximum absolute atomic E-state index is 13.9. The fourth-order valence-electron chi connectivity index (χ4n) is 17.0. The number of hydrogen-bond acceptors (Lipinski definition) is 25. The normalized spacial score (nSPS) is 38.9. The molecule has 8 fully saturated rings. The zero-order valence-electron chi connectivity index (χ0n) is 65.5. The van der Waals surface area contributed by atoms with Crippen LogP contribution in [-0.2, 0) is 80.9 Å². The Labute approximate surface area is 642 Å². The van der Waals surface area contributed by atoms with Crippen LogP contribution in [0.25, 0.3) is 0 Å². The number of carbonyl (C=O) groups excluding carboxylic acids is 5. The topological polar surface area (TPSA) is 446 Å². The summed E-state index contributed by atoms with van der Waals surface area (Å²) in [5, 5.41) is 116. The Morgan fingerprint density at radius 2 is 1.00 bits per heavy atom. The molecular weight excluding hydrogens is 1420 g/mol. The standard InChI is InChI=1S/C78H133N5O26/c1-10-13-15-16-17-25-36-99-66-43(5)102-74(56(61(66)92)80-45(7)85)109-71-64(95)63(94)70(72(97)98)108-77(71)107-69-58(82-47(9)87)75(103-44(6)67(69)105-76-65(96)62(93)60(91)53(41-84)104-76)106-68-57(81-46(8)86)73(101-42(4)59(68)90)100-37-26-18-24-35-79-54(88)32-21-22-33-55(89)83-78(12-3,34-23-14-11-2)52-31-20-19-28-48-38-49(48)29-27-30-50-39-51(50)40-52/h12,42-44,48-53,56-71,73-77,84,90-96H,3,10-11,13-41H2,1-2,4-9H3,(H,79,88)(H,80,85)(H,81,86)(H,82,87)(H,83,89)(H,97,98)/t42?,43?,44?,48?,49?,50?,51?,52?,53?,56?,57?,58?,59-,60-,61?,62?,63+,64?,65?,66-,67-,68?,69?,70?,71?,73-,74+,75+,76+,77-,78?/m1/s1. The van der Waals surface area contributed by atoms with Gasteiger partial charge in [0.25, 0.3) is 0 Å². The van der Waals surface area contributed by atoms with E-state index in [1.165, 1.54) is 79.1 Å². The number of aliphatic carboxylic acids is 1. The number of amides is 5. The summed E-state index contributed by atoms with van der Waals surface area (Å²) in [7, 11) is 0. The maximum Gasteiger partial charge on any atom is 0.335 e. The lowest BCUT2D eigenvalue weighted by Crippen LogP contribution is -2.71. The van der Waals surface area contributed by atoms with Gasteiger partial charge in [-0.15, -0.1) is 6.58 Å². The van der Waals surface area contributed by atoms with Crippen molar-refractivity contribution in [3.63, 3.8) is 0 Å². The molecule has 5 saturated heterocycles. The molecule has 3 saturated carbocycles. The molecular formula is C78H133N5O26. The van der Waals surface area contributed by atoms with E-state index in [0.29, 0.717) is 57.4 Å². The van der Waals surface area contributed by atoms with Gasteiger partial charge < -0.3 is 125 Å². The first-order chi connectivity index (χ1) is 52.1. The lowest BCUT2D eigenvalue weighted by Gasteiger charge is -2.52. The minimum Gasteiger partial charge on any atom is -0.479 e. The van der Waals surface area contributed by atoms with Gasteiger partial charge in [-0.1, -0.05) is 110 Å². The highest BCUT2D eigenvalue weighted by Crippen LogP contribution is 2.53. The molecule has 5 amide bonds. The van der Waals surface area contributed by atoms with Crippen molar-refractivity contribution in [2.45, 2.75) is 388 Å². The van der Waals surface area contributed by atoms with E-state index >= 15 is 0 Å². The first-order valence-corrected chi connectivity index (χ1v) is 40.9. The number of fused-ring (bicyclic) bond motifs is 2. The second kappa shape index (κ2) is 44.1. The molecule has 31 nitrogen and oxygen atoms in total. The van der Waals surface area contributed by atoms with Gasteiger partial charge in [0.1, 0.15) is 97.5 Å². The van der Waals surface area contributed by atoms with Gasteiger partial charge >= 0.3 is 5.97 Å². The van der Waals surface area contributed by atoms with Gasteiger partial charge in [0.05, 0.1) is 30.5 Å². The number of carboxylic acids is 1. The van der Waals surface area contributed by atoms with Crippen LogP contribution in [0.2, 0.25) is 0 Å². The molecule has 0 bridgehead atoms. The first kappa shape index (κ1) is 90.3. The molecule has 31 heteroatoms. The molecule has 0 aromatic heterocycles. The van der Waals surface area contributed by atoms with E-state index in [4.69, 9.17) is 52.1 Å². The number of nitrogens with one attached hydrogen (secondary N) is 5. The zero-order chi connectivity index (χ0) is 79.2. The van der Waals surface area contributed by atoms with Gasteiger partial charge in [-0.05, 0) is 121 Å². The van der Waals surface area contributed by atoms with E-state index in [9.17, 15) is 74.7 Å². The lowest BCUT2D eigenvalue weighted by atomic mass is 9.73. The first-order valence-electron chi connectivity index (χ1n) is 40.9. The van der Waals surface area contributed by atoms with Gasteiger partial charge in [0, 0.05) is 53.4 Å². The van der Waals surface area contributed by atoms with Gasteiger partial charge in [-0.3, -0.25) is 24.0 Å².